The molecule has 0 aliphatic carbocycles. The SMILES string of the molecule is CCCCCCC(O)C[N+](=O)[O-]. The van der Waals surface area contributed by atoms with E-state index in [1.54, 1.807) is 0 Å². The maximum Gasteiger partial charge on any atom is 0.229 e. The molecule has 0 aliphatic rings. The van der Waals surface area contributed by atoms with Gasteiger partial charge >= 0.3 is 0 Å². The fraction of sp³-hybridized carbons (Fsp3) is 1.00. The van der Waals surface area contributed by atoms with Gasteiger partial charge in [-0.15, -0.1) is 0 Å². The van der Waals surface area contributed by atoms with Crippen LogP contribution < -0.4 is 0 Å². The van der Waals surface area contributed by atoms with E-state index < -0.39 is 11.0 Å². The highest BCUT2D eigenvalue weighted by atomic mass is 16.6. The molecule has 72 valence electrons. The second kappa shape index (κ2) is 7.03. The molecule has 0 spiro atoms. The fourth-order valence-electron chi connectivity index (χ4n) is 1.07. The second-order valence-electron chi connectivity index (χ2n) is 3.02. The van der Waals surface area contributed by atoms with Gasteiger partial charge in [0.2, 0.25) is 6.54 Å². The van der Waals surface area contributed by atoms with Crippen molar-refractivity contribution in [1.29, 1.82) is 0 Å². The Kier molecular flexibility index (Phi) is 6.66. The van der Waals surface area contributed by atoms with Crippen molar-refractivity contribution in [3.63, 3.8) is 0 Å². The van der Waals surface area contributed by atoms with Gasteiger partial charge in [-0.05, 0) is 6.42 Å². The molecule has 0 aromatic rings. The molecule has 0 rings (SSSR count). The molecule has 0 saturated heterocycles. The van der Waals surface area contributed by atoms with Gasteiger partial charge in [0, 0.05) is 4.92 Å². The highest BCUT2D eigenvalue weighted by molar-refractivity contribution is 4.53. The number of nitrogens with zero attached hydrogens (tertiary/aromatic N) is 1. The number of unbranched alkanes of at least 4 members (excludes halogenated alkanes) is 3. The third kappa shape index (κ3) is 7.47. The lowest BCUT2D eigenvalue weighted by Gasteiger charge is -2.04. The summed E-state index contributed by atoms with van der Waals surface area (Å²) in [5.41, 5.74) is 0. The molecule has 0 saturated carbocycles. The average Bonchev–Trinajstić information content (AvgIpc) is 1.97. The van der Waals surface area contributed by atoms with E-state index in [0.717, 1.165) is 25.7 Å². The van der Waals surface area contributed by atoms with Crippen molar-refractivity contribution in [2.45, 2.75) is 45.1 Å². The summed E-state index contributed by atoms with van der Waals surface area (Å²) in [6.07, 6.45) is 4.04. The number of hydrogen-bond acceptors (Lipinski definition) is 3. The molecule has 1 N–H and O–H groups in total. The minimum absolute atomic E-state index is 0.313. The Morgan fingerprint density at radius 2 is 2.08 bits per heavy atom. The standard InChI is InChI=1S/C8H17NO3/c1-2-3-4-5-6-8(10)7-9(11)12/h8,10H,2-7H2,1H3. The minimum Gasteiger partial charge on any atom is -0.386 e. The predicted octanol–water partition coefficient (Wildman–Crippen LogP) is 1.59. The first-order chi connectivity index (χ1) is 5.66. The maximum atomic E-state index is 9.94. The van der Waals surface area contributed by atoms with Crippen molar-refractivity contribution in [1.82, 2.24) is 0 Å². The number of hydrogen-bond donors (Lipinski definition) is 1. The minimum atomic E-state index is -0.753. The molecule has 0 amide bonds. The van der Waals surface area contributed by atoms with Gasteiger partial charge in [-0.2, -0.15) is 0 Å². The van der Waals surface area contributed by atoms with Gasteiger partial charge in [-0.3, -0.25) is 10.1 Å². The lowest BCUT2D eigenvalue weighted by molar-refractivity contribution is -0.490. The number of aliphatic hydroxyl groups excluding tert-OH is 1. The van der Waals surface area contributed by atoms with Gasteiger partial charge in [0.1, 0.15) is 6.10 Å². The first-order valence-electron chi connectivity index (χ1n) is 4.46. The normalized spacial score (nSPS) is 12.8. The Labute approximate surface area is 72.7 Å². The van der Waals surface area contributed by atoms with Crippen LogP contribution in [0.25, 0.3) is 0 Å². The van der Waals surface area contributed by atoms with Crippen LogP contribution in [0.5, 0.6) is 0 Å². The molecule has 0 aromatic heterocycles. The highest BCUT2D eigenvalue weighted by Crippen LogP contribution is 2.05. The van der Waals surface area contributed by atoms with Crippen LogP contribution in [-0.2, 0) is 0 Å². The monoisotopic (exact) mass is 175 g/mol. The van der Waals surface area contributed by atoms with Crippen molar-refractivity contribution in [2.24, 2.45) is 0 Å². The zero-order valence-electron chi connectivity index (χ0n) is 7.53. The van der Waals surface area contributed by atoms with E-state index in [-0.39, 0.29) is 6.54 Å². The number of aliphatic hydroxyl groups is 1. The van der Waals surface area contributed by atoms with Crippen LogP contribution in [0, 0.1) is 10.1 Å². The summed E-state index contributed by atoms with van der Waals surface area (Å²) in [6, 6.07) is 0. The third-order valence-electron chi connectivity index (χ3n) is 1.75. The van der Waals surface area contributed by atoms with Crippen LogP contribution in [0.15, 0.2) is 0 Å². The van der Waals surface area contributed by atoms with E-state index in [1.807, 2.05) is 0 Å². The van der Waals surface area contributed by atoms with Crippen LogP contribution in [-0.4, -0.2) is 22.7 Å². The fourth-order valence-corrected chi connectivity index (χ4v) is 1.07. The van der Waals surface area contributed by atoms with Crippen molar-refractivity contribution in [2.75, 3.05) is 6.54 Å². The predicted molar refractivity (Wildman–Crippen MR) is 46.6 cm³/mol. The largest absolute Gasteiger partial charge is 0.386 e. The molecule has 4 nitrogen and oxygen atoms in total. The summed E-state index contributed by atoms with van der Waals surface area (Å²) in [6.45, 7) is 1.79. The summed E-state index contributed by atoms with van der Waals surface area (Å²) < 4.78 is 0. The van der Waals surface area contributed by atoms with Gasteiger partial charge in [0.25, 0.3) is 0 Å². The van der Waals surface area contributed by atoms with Crippen LogP contribution in [0.3, 0.4) is 0 Å². The quantitative estimate of drug-likeness (QED) is 0.363. The van der Waals surface area contributed by atoms with Gasteiger partial charge in [0.15, 0.2) is 0 Å². The number of rotatable bonds is 7. The van der Waals surface area contributed by atoms with Crippen molar-refractivity contribution in [3.05, 3.63) is 10.1 Å². The molecular formula is C8H17NO3. The van der Waals surface area contributed by atoms with E-state index >= 15 is 0 Å². The first-order valence-corrected chi connectivity index (χ1v) is 4.46. The summed E-state index contributed by atoms with van der Waals surface area (Å²) >= 11 is 0. The molecule has 1 unspecified atom stereocenters. The Bertz CT molecular complexity index is 127. The highest BCUT2D eigenvalue weighted by Gasteiger charge is 2.09. The van der Waals surface area contributed by atoms with Crippen LogP contribution in [0.2, 0.25) is 0 Å². The van der Waals surface area contributed by atoms with Crippen LogP contribution >= 0.6 is 0 Å². The average molecular weight is 175 g/mol. The van der Waals surface area contributed by atoms with E-state index in [1.165, 1.54) is 0 Å². The lowest BCUT2D eigenvalue weighted by Crippen LogP contribution is -2.18. The molecular weight excluding hydrogens is 158 g/mol. The van der Waals surface area contributed by atoms with E-state index in [9.17, 15) is 10.1 Å². The summed E-state index contributed by atoms with van der Waals surface area (Å²) in [5, 5.41) is 19.0. The first kappa shape index (κ1) is 11.4. The molecule has 0 aromatic carbocycles. The van der Waals surface area contributed by atoms with E-state index in [4.69, 9.17) is 5.11 Å². The maximum absolute atomic E-state index is 9.94. The van der Waals surface area contributed by atoms with Gasteiger partial charge in [-0.1, -0.05) is 32.6 Å². The van der Waals surface area contributed by atoms with Crippen molar-refractivity contribution >= 4 is 0 Å². The Morgan fingerprint density at radius 3 is 2.58 bits per heavy atom. The number of nitro groups is 1. The van der Waals surface area contributed by atoms with Gasteiger partial charge in [0.05, 0.1) is 0 Å². The van der Waals surface area contributed by atoms with Gasteiger partial charge < -0.3 is 5.11 Å². The zero-order chi connectivity index (χ0) is 9.40. The zero-order valence-corrected chi connectivity index (χ0v) is 7.53. The second-order valence-corrected chi connectivity index (χ2v) is 3.02. The lowest BCUT2D eigenvalue weighted by atomic mass is 10.1. The molecule has 0 fully saturated rings. The molecule has 0 heterocycles. The molecule has 12 heavy (non-hydrogen) atoms. The van der Waals surface area contributed by atoms with Crippen molar-refractivity contribution in [3.8, 4) is 0 Å². The molecule has 0 bridgehead atoms. The van der Waals surface area contributed by atoms with E-state index in [0.29, 0.717) is 6.42 Å². The summed E-state index contributed by atoms with van der Waals surface area (Å²) in [5.74, 6) is 0. The third-order valence-corrected chi connectivity index (χ3v) is 1.75. The summed E-state index contributed by atoms with van der Waals surface area (Å²) in [4.78, 5) is 9.48. The Morgan fingerprint density at radius 1 is 1.42 bits per heavy atom. The smallest absolute Gasteiger partial charge is 0.229 e. The Hall–Kier alpha value is -0.640. The van der Waals surface area contributed by atoms with Crippen LogP contribution in [0.1, 0.15) is 39.0 Å². The molecule has 4 heteroatoms. The topological polar surface area (TPSA) is 63.4 Å². The molecule has 0 radical (unpaired) electrons. The molecule has 0 aliphatic heterocycles. The van der Waals surface area contributed by atoms with Gasteiger partial charge in [-0.25, -0.2) is 0 Å². The molecule has 1 atom stereocenters. The van der Waals surface area contributed by atoms with Crippen molar-refractivity contribution < 1.29 is 10.0 Å². The van der Waals surface area contributed by atoms with Crippen LogP contribution in [0.4, 0.5) is 0 Å². The summed E-state index contributed by atoms with van der Waals surface area (Å²) in [7, 11) is 0. The van der Waals surface area contributed by atoms with E-state index in [2.05, 4.69) is 6.92 Å². The Balaban J connectivity index is 3.19.